The van der Waals surface area contributed by atoms with E-state index in [0.29, 0.717) is 10.0 Å². The van der Waals surface area contributed by atoms with Crippen LogP contribution in [0, 0.1) is 0 Å². The number of nitrogens with zero attached hydrogens (tertiary/aromatic N) is 1. The molecule has 1 saturated heterocycles. The lowest BCUT2D eigenvalue weighted by Gasteiger charge is -2.17. The zero-order valence-corrected chi connectivity index (χ0v) is 19.4. The Bertz CT molecular complexity index is 1310. The van der Waals surface area contributed by atoms with Crippen molar-refractivity contribution in [3.8, 4) is 11.1 Å². The molecule has 1 aliphatic rings. The summed E-state index contributed by atoms with van der Waals surface area (Å²) in [5.74, 6) is 0. The molecule has 0 saturated carbocycles. The lowest BCUT2D eigenvalue weighted by molar-refractivity contribution is 0.476. The molecule has 5 nitrogen and oxygen atoms in total. The summed E-state index contributed by atoms with van der Waals surface area (Å²) in [6.07, 6.45) is 0.241. The maximum Gasteiger partial charge on any atom is 0.243 e. The number of hydrogen-bond acceptors (Lipinski definition) is 4. The molecule has 0 aliphatic carbocycles. The Labute approximate surface area is 192 Å². The summed E-state index contributed by atoms with van der Waals surface area (Å²) in [6.45, 7) is 0.0687. The van der Waals surface area contributed by atoms with E-state index in [1.54, 1.807) is 24.3 Å². The van der Waals surface area contributed by atoms with Crippen LogP contribution in [0.15, 0.2) is 82.6 Å². The summed E-state index contributed by atoms with van der Waals surface area (Å²) < 4.78 is 53.2. The van der Waals surface area contributed by atoms with Crippen LogP contribution in [0.25, 0.3) is 11.1 Å². The van der Waals surface area contributed by atoms with Crippen molar-refractivity contribution in [2.75, 3.05) is 13.1 Å². The van der Waals surface area contributed by atoms with E-state index in [9.17, 15) is 16.8 Å². The van der Waals surface area contributed by atoms with Gasteiger partial charge >= 0.3 is 0 Å². The summed E-state index contributed by atoms with van der Waals surface area (Å²) >= 11 is 11.9. The van der Waals surface area contributed by atoms with E-state index in [0.717, 1.165) is 11.1 Å². The first-order valence-corrected chi connectivity index (χ1v) is 13.3. The molecule has 1 atom stereocenters. The first-order chi connectivity index (χ1) is 14.7. The van der Waals surface area contributed by atoms with Crippen LogP contribution >= 0.6 is 23.2 Å². The topological polar surface area (TPSA) is 71.5 Å². The van der Waals surface area contributed by atoms with E-state index in [1.807, 2.05) is 12.1 Å². The van der Waals surface area contributed by atoms with Gasteiger partial charge in [-0.2, -0.15) is 4.31 Å². The van der Waals surface area contributed by atoms with Crippen LogP contribution in [0.1, 0.15) is 6.42 Å². The zero-order valence-electron chi connectivity index (χ0n) is 16.3. The van der Waals surface area contributed by atoms with E-state index < -0.39 is 25.1 Å². The van der Waals surface area contributed by atoms with Crippen molar-refractivity contribution in [3.05, 3.63) is 82.8 Å². The van der Waals surface area contributed by atoms with Crippen molar-refractivity contribution < 1.29 is 16.8 Å². The molecule has 1 heterocycles. The molecule has 0 radical (unpaired) electrons. The predicted octanol–water partition coefficient (Wildman–Crippen LogP) is 4.90. The lowest BCUT2D eigenvalue weighted by atomic mass is 10.1. The van der Waals surface area contributed by atoms with Gasteiger partial charge in [-0.05, 0) is 66.1 Å². The fourth-order valence-electron chi connectivity index (χ4n) is 3.62. The third-order valence-corrected chi connectivity index (χ3v) is 9.90. The Morgan fingerprint density at radius 2 is 1.39 bits per heavy atom. The fraction of sp³-hybridized carbons (Fsp3) is 0.182. The third kappa shape index (κ3) is 4.52. The summed E-state index contributed by atoms with van der Waals surface area (Å²) in [5, 5.41) is 0.240. The fourth-order valence-corrected chi connectivity index (χ4v) is 7.23. The molecule has 1 fully saturated rings. The van der Waals surface area contributed by atoms with Crippen LogP contribution < -0.4 is 0 Å². The highest BCUT2D eigenvalue weighted by atomic mass is 35.5. The number of rotatable bonds is 5. The molecule has 1 unspecified atom stereocenters. The maximum absolute atomic E-state index is 13.1. The summed E-state index contributed by atoms with van der Waals surface area (Å²) in [4.78, 5) is 0.273. The average Bonchev–Trinajstić information content (AvgIpc) is 3.26. The van der Waals surface area contributed by atoms with Gasteiger partial charge in [0.2, 0.25) is 10.0 Å². The van der Waals surface area contributed by atoms with Crippen LogP contribution in [0.2, 0.25) is 10.0 Å². The van der Waals surface area contributed by atoms with Gasteiger partial charge in [-0.3, -0.25) is 0 Å². The molecule has 4 rings (SSSR count). The Kier molecular flexibility index (Phi) is 6.16. The van der Waals surface area contributed by atoms with Crippen molar-refractivity contribution in [1.82, 2.24) is 4.31 Å². The molecule has 0 amide bonds. The second kappa shape index (κ2) is 8.56. The molecule has 3 aromatic rings. The van der Waals surface area contributed by atoms with Gasteiger partial charge in [0.25, 0.3) is 0 Å². The first-order valence-electron chi connectivity index (χ1n) is 9.53. The molecule has 0 spiro atoms. The van der Waals surface area contributed by atoms with Crippen molar-refractivity contribution in [3.63, 3.8) is 0 Å². The Balaban J connectivity index is 1.54. The Morgan fingerprint density at radius 3 is 2.03 bits per heavy atom. The molecule has 1 aliphatic heterocycles. The van der Waals surface area contributed by atoms with E-state index in [2.05, 4.69) is 0 Å². The standard InChI is InChI=1S/C22H19Cl2NO4S2/c23-18-6-10-20(11-7-18)30(26,27)22-12-13-25(15-22)31(28,29)21-8-4-16(5-9-21)17-2-1-3-19(24)14-17/h1-11,14,22H,12-13,15H2. The molecule has 162 valence electrons. The van der Waals surface area contributed by atoms with Gasteiger partial charge in [-0.25, -0.2) is 16.8 Å². The van der Waals surface area contributed by atoms with Gasteiger partial charge in [-0.15, -0.1) is 0 Å². The van der Waals surface area contributed by atoms with E-state index in [1.165, 1.54) is 40.7 Å². The smallest absolute Gasteiger partial charge is 0.223 e. The highest BCUT2D eigenvalue weighted by Gasteiger charge is 2.39. The van der Waals surface area contributed by atoms with Gasteiger partial charge in [0.05, 0.1) is 15.0 Å². The van der Waals surface area contributed by atoms with Gasteiger partial charge < -0.3 is 0 Å². The summed E-state index contributed by atoms with van der Waals surface area (Å²) in [6, 6.07) is 19.7. The van der Waals surface area contributed by atoms with E-state index >= 15 is 0 Å². The highest BCUT2D eigenvalue weighted by Crippen LogP contribution is 2.30. The normalized spacial score (nSPS) is 17.7. The maximum atomic E-state index is 13.1. The van der Waals surface area contributed by atoms with E-state index in [4.69, 9.17) is 23.2 Å². The van der Waals surface area contributed by atoms with Gasteiger partial charge in [-0.1, -0.05) is 47.5 Å². The molecule has 0 bridgehead atoms. The molecule has 0 N–H and O–H groups in total. The van der Waals surface area contributed by atoms with Crippen molar-refractivity contribution in [1.29, 1.82) is 0 Å². The van der Waals surface area contributed by atoms with Gasteiger partial charge in [0.1, 0.15) is 0 Å². The molecule has 31 heavy (non-hydrogen) atoms. The van der Waals surface area contributed by atoms with Crippen molar-refractivity contribution in [2.45, 2.75) is 21.5 Å². The number of halogens is 2. The highest BCUT2D eigenvalue weighted by molar-refractivity contribution is 7.92. The van der Waals surface area contributed by atoms with Crippen LogP contribution in [0.3, 0.4) is 0 Å². The van der Waals surface area contributed by atoms with Crippen LogP contribution in [0.5, 0.6) is 0 Å². The number of hydrogen-bond donors (Lipinski definition) is 0. The summed E-state index contributed by atoms with van der Waals surface area (Å²) in [7, 11) is -7.46. The first kappa shape index (κ1) is 22.3. The van der Waals surface area contributed by atoms with E-state index in [-0.39, 0.29) is 29.3 Å². The minimum atomic E-state index is -3.81. The lowest BCUT2D eigenvalue weighted by Crippen LogP contribution is -2.32. The average molecular weight is 496 g/mol. The van der Waals surface area contributed by atoms with Crippen molar-refractivity contribution >= 4 is 43.1 Å². The molecule has 0 aromatic heterocycles. The number of sulfone groups is 1. The molecule has 3 aromatic carbocycles. The van der Waals surface area contributed by atoms with Gasteiger partial charge in [0, 0.05) is 23.1 Å². The Morgan fingerprint density at radius 1 is 0.742 bits per heavy atom. The predicted molar refractivity (Wildman–Crippen MR) is 123 cm³/mol. The molecular formula is C22H19Cl2NO4S2. The SMILES string of the molecule is O=S(=O)(c1ccc(Cl)cc1)C1CCN(S(=O)(=O)c2ccc(-c3cccc(Cl)c3)cc2)C1. The minimum Gasteiger partial charge on any atom is -0.223 e. The summed E-state index contributed by atoms with van der Waals surface area (Å²) in [5.41, 5.74) is 1.72. The third-order valence-electron chi connectivity index (χ3n) is 5.34. The van der Waals surface area contributed by atoms with Crippen molar-refractivity contribution in [2.24, 2.45) is 0 Å². The Hall–Kier alpha value is -1.90. The largest absolute Gasteiger partial charge is 0.243 e. The number of benzene rings is 3. The van der Waals surface area contributed by atoms with Crippen LogP contribution in [0.4, 0.5) is 0 Å². The quantitative estimate of drug-likeness (QED) is 0.504. The second-order valence-corrected chi connectivity index (χ2v) is 12.3. The second-order valence-electron chi connectivity index (χ2n) is 7.31. The minimum absolute atomic E-state index is 0.0800. The molecular weight excluding hydrogens is 477 g/mol. The molecule has 9 heteroatoms. The zero-order chi connectivity index (χ0) is 22.2. The monoisotopic (exact) mass is 495 g/mol. The van der Waals surface area contributed by atoms with Gasteiger partial charge in [0.15, 0.2) is 9.84 Å². The number of sulfonamides is 1. The van der Waals surface area contributed by atoms with Crippen LogP contribution in [-0.4, -0.2) is 39.5 Å². The van der Waals surface area contributed by atoms with Crippen LogP contribution in [-0.2, 0) is 19.9 Å².